The van der Waals surface area contributed by atoms with Crippen LogP contribution >= 0.6 is 0 Å². The van der Waals surface area contributed by atoms with E-state index in [1.165, 1.54) is 0 Å². The minimum Gasteiger partial charge on any atom is -0.473 e. The molecule has 7 heteroatoms. The quantitative estimate of drug-likeness (QED) is 0.601. The van der Waals surface area contributed by atoms with Crippen molar-refractivity contribution >= 4 is 11.6 Å². The SMILES string of the molecule is CC(C)CCOc1nc(N)ncc1[N+](=O)[O-]. The van der Waals surface area contributed by atoms with E-state index in [-0.39, 0.29) is 17.5 Å². The third-order valence-corrected chi connectivity index (χ3v) is 1.88. The van der Waals surface area contributed by atoms with Crippen molar-refractivity contribution in [1.29, 1.82) is 0 Å². The molecule has 0 radical (unpaired) electrons. The van der Waals surface area contributed by atoms with Crippen LogP contribution in [0.2, 0.25) is 0 Å². The van der Waals surface area contributed by atoms with Gasteiger partial charge in [0.1, 0.15) is 6.20 Å². The molecular weight excluding hydrogens is 212 g/mol. The van der Waals surface area contributed by atoms with Crippen molar-refractivity contribution in [3.8, 4) is 5.88 Å². The topological polar surface area (TPSA) is 104 Å². The highest BCUT2D eigenvalue weighted by Gasteiger charge is 2.18. The summed E-state index contributed by atoms with van der Waals surface area (Å²) in [5.41, 5.74) is 5.07. The average molecular weight is 226 g/mol. The maximum Gasteiger partial charge on any atom is 0.349 e. The third-order valence-electron chi connectivity index (χ3n) is 1.88. The Morgan fingerprint density at radius 3 is 2.88 bits per heavy atom. The van der Waals surface area contributed by atoms with Gasteiger partial charge in [-0.2, -0.15) is 4.98 Å². The van der Waals surface area contributed by atoms with E-state index in [2.05, 4.69) is 9.97 Å². The van der Waals surface area contributed by atoms with E-state index in [4.69, 9.17) is 10.5 Å². The fourth-order valence-electron chi connectivity index (χ4n) is 0.995. The van der Waals surface area contributed by atoms with E-state index in [1.54, 1.807) is 0 Å². The Labute approximate surface area is 92.8 Å². The molecule has 2 N–H and O–H groups in total. The van der Waals surface area contributed by atoms with Gasteiger partial charge in [-0.3, -0.25) is 10.1 Å². The van der Waals surface area contributed by atoms with Crippen molar-refractivity contribution in [2.75, 3.05) is 12.3 Å². The number of ether oxygens (including phenoxy) is 1. The summed E-state index contributed by atoms with van der Waals surface area (Å²) < 4.78 is 5.22. The second-order valence-corrected chi connectivity index (χ2v) is 3.71. The van der Waals surface area contributed by atoms with Crippen LogP contribution in [0.15, 0.2) is 6.20 Å². The van der Waals surface area contributed by atoms with Crippen molar-refractivity contribution in [1.82, 2.24) is 9.97 Å². The largest absolute Gasteiger partial charge is 0.473 e. The second kappa shape index (κ2) is 5.24. The van der Waals surface area contributed by atoms with Gasteiger partial charge in [-0.05, 0) is 12.3 Å². The molecule has 1 rings (SSSR count). The lowest BCUT2D eigenvalue weighted by atomic mass is 10.1. The molecule has 1 aromatic heterocycles. The zero-order valence-corrected chi connectivity index (χ0v) is 9.21. The van der Waals surface area contributed by atoms with Crippen molar-refractivity contribution in [3.63, 3.8) is 0 Å². The molecule has 16 heavy (non-hydrogen) atoms. The first-order valence-electron chi connectivity index (χ1n) is 4.90. The average Bonchev–Trinajstić information content (AvgIpc) is 2.16. The van der Waals surface area contributed by atoms with E-state index < -0.39 is 4.92 Å². The van der Waals surface area contributed by atoms with E-state index >= 15 is 0 Å². The molecule has 0 spiro atoms. The van der Waals surface area contributed by atoms with E-state index in [0.29, 0.717) is 12.5 Å². The fraction of sp³-hybridized carbons (Fsp3) is 0.556. The summed E-state index contributed by atoms with van der Waals surface area (Å²) in [5, 5.41) is 10.6. The van der Waals surface area contributed by atoms with Crippen molar-refractivity contribution in [2.45, 2.75) is 20.3 Å². The van der Waals surface area contributed by atoms with Gasteiger partial charge in [0.15, 0.2) is 0 Å². The van der Waals surface area contributed by atoms with Crippen LogP contribution in [-0.4, -0.2) is 21.5 Å². The molecule has 7 nitrogen and oxygen atoms in total. The van der Waals surface area contributed by atoms with E-state index in [9.17, 15) is 10.1 Å². The Hall–Kier alpha value is -1.92. The minimum absolute atomic E-state index is 0.0369. The van der Waals surface area contributed by atoms with Crippen LogP contribution in [0.5, 0.6) is 5.88 Å². The normalized spacial score (nSPS) is 10.4. The van der Waals surface area contributed by atoms with Gasteiger partial charge in [0.25, 0.3) is 5.88 Å². The molecule has 0 bridgehead atoms. The van der Waals surface area contributed by atoms with Crippen LogP contribution in [0, 0.1) is 16.0 Å². The number of anilines is 1. The Morgan fingerprint density at radius 2 is 2.31 bits per heavy atom. The first kappa shape index (κ1) is 12.2. The zero-order valence-electron chi connectivity index (χ0n) is 9.21. The summed E-state index contributed by atoms with van der Waals surface area (Å²) in [7, 11) is 0. The number of nitro groups is 1. The Balaban J connectivity index is 2.76. The van der Waals surface area contributed by atoms with Crippen molar-refractivity contribution in [2.24, 2.45) is 5.92 Å². The summed E-state index contributed by atoms with van der Waals surface area (Å²) in [6.07, 6.45) is 1.84. The Kier molecular flexibility index (Phi) is 3.98. The van der Waals surface area contributed by atoms with Gasteiger partial charge in [-0.25, -0.2) is 4.98 Å². The van der Waals surface area contributed by atoms with Gasteiger partial charge in [0, 0.05) is 0 Å². The summed E-state index contributed by atoms with van der Waals surface area (Å²) >= 11 is 0. The van der Waals surface area contributed by atoms with Crippen LogP contribution in [0.25, 0.3) is 0 Å². The molecule has 0 saturated carbocycles. The molecule has 1 aromatic rings. The molecule has 0 atom stereocenters. The van der Waals surface area contributed by atoms with Gasteiger partial charge in [0.2, 0.25) is 5.95 Å². The predicted octanol–water partition coefficient (Wildman–Crippen LogP) is 1.39. The van der Waals surface area contributed by atoms with Crippen LogP contribution in [0.3, 0.4) is 0 Å². The molecule has 0 fully saturated rings. The zero-order chi connectivity index (χ0) is 12.1. The summed E-state index contributed by atoms with van der Waals surface area (Å²) in [6, 6.07) is 0. The molecule has 0 unspecified atom stereocenters. The molecule has 0 aromatic carbocycles. The van der Waals surface area contributed by atoms with Gasteiger partial charge < -0.3 is 10.5 Å². The molecule has 88 valence electrons. The third kappa shape index (κ3) is 3.34. The molecule has 1 heterocycles. The summed E-state index contributed by atoms with van der Waals surface area (Å²) in [5.74, 6) is 0.349. The maximum absolute atomic E-state index is 10.6. The maximum atomic E-state index is 10.6. The van der Waals surface area contributed by atoms with Gasteiger partial charge in [0.05, 0.1) is 11.5 Å². The van der Waals surface area contributed by atoms with Crippen molar-refractivity contribution in [3.05, 3.63) is 16.3 Å². The monoisotopic (exact) mass is 226 g/mol. The van der Waals surface area contributed by atoms with Crippen LogP contribution < -0.4 is 10.5 Å². The predicted molar refractivity (Wildman–Crippen MR) is 58.0 cm³/mol. The molecule has 0 aliphatic heterocycles. The smallest absolute Gasteiger partial charge is 0.349 e. The summed E-state index contributed by atoms with van der Waals surface area (Å²) in [6.45, 7) is 4.44. The molecule has 0 saturated heterocycles. The Bertz CT molecular complexity index is 381. The van der Waals surface area contributed by atoms with E-state index in [0.717, 1.165) is 12.6 Å². The Morgan fingerprint density at radius 1 is 1.62 bits per heavy atom. The first-order valence-corrected chi connectivity index (χ1v) is 4.90. The number of nitrogen functional groups attached to an aromatic ring is 1. The molecule has 0 amide bonds. The van der Waals surface area contributed by atoms with Crippen LogP contribution in [-0.2, 0) is 0 Å². The number of nitrogens with zero attached hydrogens (tertiary/aromatic N) is 3. The summed E-state index contributed by atoms with van der Waals surface area (Å²) in [4.78, 5) is 17.3. The van der Waals surface area contributed by atoms with E-state index in [1.807, 2.05) is 13.8 Å². The second-order valence-electron chi connectivity index (χ2n) is 3.71. The number of rotatable bonds is 5. The van der Waals surface area contributed by atoms with Gasteiger partial charge >= 0.3 is 5.69 Å². The van der Waals surface area contributed by atoms with Gasteiger partial charge in [-0.15, -0.1) is 0 Å². The number of hydrogen-bond acceptors (Lipinski definition) is 6. The highest BCUT2D eigenvalue weighted by molar-refractivity contribution is 5.41. The van der Waals surface area contributed by atoms with Gasteiger partial charge in [-0.1, -0.05) is 13.8 Å². The van der Waals surface area contributed by atoms with Crippen LogP contribution in [0.1, 0.15) is 20.3 Å². The van der Waals surface area contributed by atoms with Crippen molar-refractivity contribution < 1.29 is 9.66 Å². The number of nitrogens with two attached hydrogens (primary N) is 1. The first-order chi connectivity index (χ1) is 7.50. The van der Waals surface area contributed by atoms with Crippen LogP contribution in [0.4, 0.5) is 11.6 Å². The lowest BCUT2D eigenvalue weighted by Crippen LogP contribution is -2.07. The lowest BCUT2D eigenvalue weighted by Gasteiger charge is -2.07. The highest BCUT2D eigenvalue weighted by atomic mass is 16.6. The molecule has 0 aliphatic rings. The number of hydrogen-bond donors (Lipinski definition) is 1. The number of aromatic nitrogens is 2. The lowest BCUT2D eigenvalue weighted by molar-refractivity contribution is -0.386. The standard InChI is InChI=1S/C9H14N4O3/c1-6(2)3-4-16-8-7(13(14)15)5-11-9(10)12-8/h5-6H,3-4H2,1-2H3,(H2,10,11,12). The fourth-order valence-corrected chi connectivity index (χ4v) is 0.995. The molecular formula is C9H14N4O3. The minimum atomic E-state index is -0.593. The molecule has 0 aliphatic carbocycles. The highest BCUT2D eigenvalue weighted by Crippen LogP contribution is 2.23.